The zero-order valence-electron chi connectivity index (χ0n) is 16.2. The second kappa shape index (κ2) is 8.97. The maximum absolute atomic E-state index is 13.4. The van der Waals surface area contributed by atoms with Gasteiger partial charge in [0, 0.05) is 23.6 Å². The van der Waals surface area contributed by atoms with Crippen LogP contribution < -0.4 is 9.47 Å². The molecule has 3 aromatic carbocycles. The van der Waals surface area contributed by atoms with Crippen LogP contribution >= 0.6 is 15.9 Å². The van der Waals surface area contributed by atoms with Crippen molar-refractivity contribution < 1.29 is 13.9 Å². The Kier molecular flexibility index (Phi) is 6.16. The van der Waals surface area contributed by atoms with Crippen molar-refractivity contribution in [3.63, 3.8) is 0 Å². The molecule has 4 rings (SSSR count). The molecule has 0 aromatic heterocycles. The van der Waals surface area contributed by atoms with Gasteiger partial charge in [0.2, 0.25) is 0 Å². The van der Waals surface area contributed by atoms with E-state index in [2.05, 4.69) is 52.0 Å². The Balaban J connectivity index is 1.39. The van der Waals surface area contributed by atoms with Crippen LogP contribution in [0.3, 0.4) is 0 Å². The number of halogens is 2. The van der Waals surface area contributed by atoms with Crippen LogP contribution in [0.2, 0.25) is 0 Å². The fourth-order valence-electron chi connectivity index (χ4n) is 3.45. The lowest BCUT2D eigenvalue weighted by Crippen LogP contribution is -2.60. The molecule has 0 radical (unpaired) electrons. The molecule has 2 atom stereocenters. The molecule has 3 nitrogen and oxygen atoms in total. The van der Waals surface area contributed by atoms with Crippen molar-refractivity contribution in [2.45, 2.75) is 32.2 Å². The van der Waals surface area contributed by atoms with Gasteiger partial charge in [-0.3, -0.25) is 4.90 Å². The molecule has 1 saturated heterocycles. The van der Waals surface area contributed by atoms with Gasteiger partial charge in [-0.2, -0.15) is 0 Å². The van der Waals surface area contributed by atoms with Gasteiger partial charge in [0.05, 0.1) is 0 Å². The molecule has 3 aromatic rings. The summed E-state index contributed by atoms with van der Waals surface area (Å²) in [5.74, 6) is 1.10. The fraction of sp³-hybridized carbons (Fsp3) is 0.250. The van der Waals surface area contributed by atoms with E-state index < -0.39 is 0 Å². The molecule has 1 aliphatic heterocycles. The van der Waals surface area contributed by atoms with E-state index in [9.17, 15) is 4.39 Å². The lowest BCUT2D eigenvalue weighted by molar-refractivity contribution is -0.0425. The molecule has 0 aliphatic carbocycles. The van der Waals surface area contributed by atoms with Gasteiger partial charge in [0.15, 0.2) is 11.5 Å². The summed E-state index contributed by atoms with van der Waals surface area (Å²) < 4.78 is 26.5. The van der Waals surface area contributed by atoms with E-state index in [4.69, 9.17) is 9.47 Å². The van der Waals surface area contributed by atoms with Crippen molar-refractivity contribution in [2.75, 3.05) is 6.54 Å². The van der Waals surface area contributed by atoms with E-state index in [0.29, 0.717) is 17.5 Å². The molecule has 1 aliphatic rings. The lowest BCUT2D eigenvalue weighted by atomic mass is 9.99. The summed E-state index contributed by atoms with van der Waals surface area (Å²) in [6, 6.07) is 22.9. The van der Waals surface area contributed by atoms with Crippen molar-refractivity contribution in [1.29, 1.82) is 0 Å². The molecular weight excluding hydrogens is 433 g/mol. The van der Waals surface area contributed by atoms with Crippen molar-refractivity contribution in [1.82, 2.24) is 4.90 Å². The minimum atomic E-state index is -0.264. The third-order valence-electron chi connectivity index (χ3n) is 5.22. The molecule has 5 heteroatoms. The zero-order chi connectivity index (χ0) is 20.2. The zero-order valence-corrected chi connectivity index (χ0v) is 17.8. The molecule has 150 valence electrons. The molecule has 0 N–H and O–H groups in total. The first-order valence-electron chi connectivity index (χ1n) is 9.70. The fourth-order valence-corrected chi connectivity index (χ4v) is 3.79. The highest BCUT2D eigenvalue weighted by Crippen LogP contribution is 2.35. The third-order valence-corrected chi connectivity index (χ3v) is 5.72. The van der Waals surface area contributed by atoms with Crippen LogP contribution in [-0.2, 0) is 13.2 Å². The Hall–Kier alpha value is -2.37. The average molecular weight is 456 g/mol. The minimum absolute atomic E-state index is 0.101. The van der Waals surface area contributed by atoms with Crippen molar-refractivity contribution in [2.24, 2.45) is 0 Å². The molecule has 1 heterocycles. The van der Waals surface area contributed by atoms with Crippen LogP contribution in [-0.4, -0.2) is 23.6 Å². The predicted octanol–water partition coefficient (Wildman–Crippen LogP) is 5.82. The normalized spacial score (nSPS) is 18.9. The van der Waals surface area contributed by atoms with Crippen molar-refractivity contribution >= 4 is 15.9 Å². The van der Waals surface area contributed by atoms with Crippen LogP contribution in [0.4, 0.5) is 4.39 Å². The van der Waals surface area contributed by atoms with Gasteiger partial charge >= 0.3 is 0 Å². The van der Waals surface area contributed by atoms with Gasteiger partial charge in [0.25, 0.3) is 0 Å². The number of hydrogen-bond acceptors (Lipinski definition) is 3. The van der Waals surface area contributed by atoms with Gasteiger partial charge in [0.1, 0.15) is 18.5 Å². The summed E-state index contributed by atoms with van der Waals surface area (Å²) in [6.07, 6.45) is 0.101. The summed E-state index contributed by atoms with van der Waals surface area (Å²) >= 11 is 3.51. The summed E-state index contributed by atoms with van der Waals surface area (Å²) in [6.45, 7) is 4.26. The Morgan fingerprint density at radius 3 is 2.52 bits per heavy atom. The van der Waals surface area contributed by atoms with E-state index in [1.165, 1.54) is 17.7 Å². The van der Waals surface area contributed by atoms with Gasteiger partial charge in [-0.25, -0.2) is 4.39 Å². The highest BCUT2D eigenvalue weighted by Gasteiger charge is 2.37. The molecule has 0 unspecified atom stereocenters. The average Bonchev–Trinajstić information content (AvgIpc) is 2.73. The highest BCUT2D eigenvalue weighted by molar-refractivity contribution is 9.10. The number of hydrogen-bond donors (Lipinski definition) is 0. The van der Waals surface area contributed by atoms with E-state index in [0.717, 1.165) is 23.1 Å². The van der Waals surface area contributed by atoms with Gasteiger partial charge < -0.3 is 9.47 Å². The van der Waals surface area contributed by atoms with E-state index in [1.807, 2.05) is 30.3 Å². The smallest absolute Gasteiger partial charge is 0.162 e. The SMILES string of the molecule is C[C@H]1[C@@H](Oc2cc(Br)ccc2OCc2cccc(F)c2)CN1Cc1ccccc1. The van der Waals surface area contributed by atoms with Crippen LogP contribution in [0.25, 0.3) is 0 Å². The summed E-state index contributed by atoms with van der Waals surface area (Å²) in [7, 11) is 0. The lowest BCUT2D eigenvalue weighted by Gasteiger charge is -2.46. The Labute approximate surface area is 179 Å². The summed E-state index contributed by atoms with van der Waals surface area (Å²) in [5.41, 5.74) is 2.09. The Bertz CT molecular complexity index is 966. The first-order chi connectivity index (χ1) is 14.1. The van der Waals surface area contributed by atoms with Crippen LogP contribution in [0.1, 0.15) is 18.1 Å². The maximum atomic E-state index is 13.4. The number of benzene rings is 3. The first-order valence-corrected chi connectivity index (χ1v) is 10.5. The van der Waals surface area contributed by atoms with E-state index in [-0.39, 0.29) is 18.5 Å². The maximum Gasteiger partial charge on any atom is 0.162 e. The molecule has 0 saturated carbocycles. The first kappa shape index (κ1) is 19.9. The quantitative estimate of drug-likeness (QED) is 0.447. The number of likely N-dealkylation sites (tertiary alicyclic amines) is 1. The van der Waals surface area contributed by atoms with E-state index >= 15 is 0 Å². The standard InChI is InChI=1S/C24H23BrFNO2/c1-17-24(15-27(17)14-18-6-3-2-4-7-18)29-23-13-20(25)10-11-22(23)28-16-19-8-5-9-21(26)12-19/h2-13,17,24H,14-16H2,1H3/t17-,24-/m0/s1. The summed E-state index contributed by atoms with van der Waals surface area (Å²) in [4.78, 5) is 2.39. The van der Waals surface area contributed by atoms with Crippen LogP contribution in [0, 0.1) is 5.82 Å². The minimum Gasteiger partial charge on any atom is -0.485 e. The second-order valence-electron chi connectivity index (χ2n) is 7.32. The number of nitrogens with zero attached hydrogens (tertiary/aromatic N) is 1. The van der Waals surface area contributed by atoms with Gasteiger partial charge in [-0.15, -0.1) is 0 Å². The Morgan fingerprint density at radius 2 is 1.76 bits per heavy atom. The molecular formula is C24H23BrFNO2. The largest absolute Gasteiger partial charge is 0.485 e. The van der Waals surface area contributed by atoms with Crippen LogP contribution in [0.15, 0.2) is 77.3 Å². The van der Waals surface area contributed by atoms with Crippen LogP contribution in [0.5, 0.6) is 11.5 Å². The molecule has 1 fully saturated rings. The molecule has 29 heavy (non-hydrogen) atoms. The molecule has 0 bridgehead atoms. The number of ether oxygens (including phenoxy) is 2. The summed E-state index contributed by atoms with van der Waals surface area (Å²) in [5, 5.41) is 0. The predicted molar refractivity (Wildman–Crippen MR) is 116 cm³/mol. The third kappa shape index (κ3) is 4.98. The van der Waals surface area contributed by atoms with Crippen molar-refractivity contribution in [3.8, 4) is 11.5 Å². The van der Waals surface area contributed by atoms with E-state index in [1.54, 1.807) is 6.07 Å². The van der Waals surface area contributed by atoms with Gasteiger partial charge in [-0.1, -0.05) is 58.4 Å². The highest BCUT2D eigenvalue weighted by atomic mass is 79.9. The molecule has 0 amide bonds. The van der Waals surface area contributed by atoms with Gasteiger partial charge in [-0.05, 0) is 48.4 Å². The topological polar surface area (TPSA) is 21.7 Å². The van der Waals surface area contributed by atoms with Crippen molar-refractivity contribution in [3.05, 3.63) is 94.2 Å². The molecule has 0 spiro atoms. The number of rotatable bonds is 7. The second-order valence-corrected chi connectivity index (χ2v) is 8.24. The Morgan fingerprint density at radius 1 is 0.966 bits per heavy atom. The monoisotopic (exact) mass is 455 g/mol.